The van der Waals surface area contributed by atoms with Crippen molar-refractivity contribution in [3.63, 3.8) is 0 Å². The highest BCUT2D eigenvalue weighted by molar-refractivity contribution is 7.92. The zero-order valence-electron chi connectivity index (χ0n) is 18.4. The van der Waals surface area contributed by atoms with E-state index >= 15 is 0 Å². The first-order chi connectivity index (χ1) is 17.3. The standard InChI is InChI=1S/C23H16F6N2O5S/c24-16-6-5-14(9-18(16)26)37(34,35)31-10-13(11-32)36-20-7-4-12(8-19(20)31)30-22(33)21-15(23(27,28)29)2-1-3-17(21)25/h1-9,13,32H,10-11H2,(H,30,33)/t13-/m0/s1. The number of halogens is 6. The Morgan fingerprint density at radius 1 is 1.03 bits per heavy atom. The summed E-state index contributed by atoms with van der Waals surface area (Å²) in [4.78, 5) is 12.0. The van der Waals surface area contributed by atoms with Crippen LogP contribution in [0.5, 0.6) is 5.75 Å². The van der Waals surface area contributed by atoms with Gasteiger partial charge in [-0.1, -0.05) is 6.07 Å². The highest BCUT2D eigenvalue weighted by Crippen LogP contribution is 2.39. The average molecular weight is 546 g/mol. The van der Waals surface area contributed by atoms with Gasteiger partial charge in [0.15, 0.2) is 11.6 Å². The summed E-state index contributed by atoms with van der Waals surface area (Å²) in [6, 6.07) is 7.25. The number of hydrogen-bond donors (Lipinski definition) is 2. The molecule has 3 aromatic carbocycles. The van der Waals surface area contributed by atoms with E-state index in [1.54, 1.807) is 0 Å². The van der Waals surface area contributed by atoms with Crippen molar-refractivity contribution in [1.29, 1.82) is 0 Å². The first kappa shape index (κ1) is 26.3. The number of carbonyl (C=O) groups is 1. The predicted molar refractivity (Wildman–Crippen MR) is 118 cm³/mol. The Morgan fingerprint density at radius 3 is 2.41 bits per heavy atom. The summed E-state index contributed by atoms with van der Waals surface area (Å²) in [5, 5.41) is 11.6. The van der Waals surface area contributed by atoms with Crippen LogP contribution in [0.25, 0.3) is 0 Å². The number of nitrogens with zero attached hydrogens (tertiary/aromatic N) is 1. The Kier molecular flexibility index (Phi) is 6.81. The molecular weight excluding hydrogens is 530 g/mol. The van der Waals surface area contributed by atoms with Gasteiger partial charge in [-0.15, -0.1) is 0 Å². The number of fused-ring (bicyclic) bond motifs is 1. The van der Waals surface area contributed by atoms with Crippen molar-refractivity contribution in [2.24, 2.45) is 0 Å². The van der Waals surface area contributed by atoms with E-state index in [-0.39, 0.29) is 17.1 Å². The summed E-state index contributed by atoms with van der Waals surface area (Å²) in [5.74, 6) is -5.70. The van der Waals surface area contributed by atoms with E-state index in [4.69, 9.17) is 4.74 Å². The zero-order chi connectivity index (χ0) is 27.1. The molecule has 0 aliphatic carbocycles. The van der Waals surface area contributed by atoms with Crippen LogP contribution in [0.15, 0.2) is 59.5 Å². The van der Waals surface area contributed by atoms with Gasteiger partial charge >= 0.3 is 6.18 Å². The highest BCUT2D eigenvalue weighted by atomic mass is 32.2. The van der Waals surface area contributed by atoms with Gasteiger partial charge in [-0.3, -0.25) is 9.10 Å². The van der Waals surface area contributed by atoms with Gasteiger partial charge in [0.2, 0.25) is 0 Å². The number of anilines is 2. The van der Waals surface area contributed by atoms with E-state index in [0.717, 1.165) is 24.3 Å². The number of amides is 1. The van der Waals surface area contributed by atoms with E-state index in [1.807, 2.05) is 0 Å². The van der Waals surface area contributed by atoms with Crippen LogP contribution in [-0.2, 0) is 16.2 Å². The molecule has 0 saturated carbocycles. The Bertz CT molecular complexity index is 1480. The number of sulfonamides is 1. The fourth-order valence-corrected chi connectivity index (χ4v) is 5.17. The number of carbonyl (C=O) groups excluding carboxylic acids is 1. The summed E-state index contributed by atoms with van der Waals surface area (Å²) >= 11 is 0. The largest absolute Gasteiger partial charge is 0.484 e. The fraction of sp³-hybridized carbons (Fsp3) is 0.174. The molecule has 0 bridgehead atoms. The SMILES string of the molecule is O=C(Nc1ccc2c(c1)N(S(=O)(=O)c1ccc(F)c(F)c1)C[C@@H](CO)O2)c1c(F)cccc1C(F)(F)F. The minimum absolute atomic E-state index is 0.101. The maximum absolute atomic E-state index is 14.2. The molecule has 1 aliphatic rings. The highest BCUT2D eigenvalue weighted by Gasteiger charge is 2.38. The summed E-state index contributed by atoms with van der Waals surface area (Å²) in [7, 11) is -4.57. The summed E-state index contributed by atoms with van der Waals surface area (Å²) in [5.41, 5.74) is -3.23. The summed E-state index contributed by atoms with van der Waals surface area (Å²) < 4.78 is 114. The third kappa shape index (κ3) is 5.06. The number of aliphatic hydroxyl groups excluding tert-OH is 1. The molecule has 0 saturated heterocycles. The minimum atomic E-state index is -5.03. The van der Waals surface area contributed by atoms with Crippen molar-refractivity contribution >= 4 is 27.3 Å². The molecule has 1 aliphatic heterocycles. The van der Waals surface area contributed by atoms with Gasteiger partial charge in [0, 0.05) is 5.69 Å². The van der Waals surface area contributed by atoms with E-state index in [1.165, 1.54) is 6.07 Å². The van der Waals surface area contributed by atoms with Crippen LogP contribution in [0.2, 0.25) is 0 Å². The Morgan fingerprint density at radius 2 is 1.76 bits per heavy atom. The minimum Gasteiger partial charge on any atom is -0.484 e. The van der Waals surface area contributed by atoms with Gasteiger partial charge in [0.05, 0.1) is 34.9 Å². The number of aliphatic hydroxyl groups is 1. The van der Waals surface area contributed by atoms with Gasteiger partial charge in [-0.05, 0) is 48.5 Å². The normalized spacial score (nSPS) is 15.6. The molecular formula is C23H16F6N2O5S. The molecule has 4 rings (SSSR count). The molecule has 0 unspecified atom stereocenters. The third-order valence-electron chi connectivity index (χ3n) is 5.38. The Balaban J connectivity index is 1.74. The lowest BCUT2D eigenvalue weighted by atomic mass is 10.1. The monoisotopic (exact) mass is 546 g/mol. The number of nitrogens with one attached hydrogen (secondary N) is 1. The van der Waals surface area contributed by atoms with Crippen LogP contribution in [-0.4, -0.2) is 38.7 Å². The van der Waals surface area contributed by atoms with Crippen molar-refractivity contribution in [3.05, 3.63) is 83.2 Å². The Hall–Kier alpha value is -3.78. The molecule has 2 N–H and O–H groups in total. The quantitative estimate of drug-likeness (QED) is 0.465. The van der Waals surface area contributed by atoms with E-state index in [9.17, 15) is 44.7 Å². The second-order valence-electron chi connectivity index (χ2n) is 7.83. The summed E-state index contributed by atoms with van der Waals surface area (Å²) in [6.45, 7) is -1.09. The van der Waals surface area contributed by atoms with Crippen LogP contribution in [0.1, 0.15) is 15.9 Å². The molecule has 1 heterocycles. The lowest BCUT2D eigenvalue weighted by molar-refractivity contribution is -0.138. The van der Waals surface area contributed by atoms with Crippen molar-refractivity contribution in [2.75, 3.05) is 22.8 Å². The summed E-state index contributed by atoms with van der Waals surface area (Å²) in [6.07, 6.45) is -6.09. The van der Waals surface area contributed by atoms with Gasteiger partial charge in [-0.25, -0.2) is 21.6 Å². The van der Waals surface area contributed by atoms with Crippen molar-refractivity contribution in [2.45, 2.75) is 17.2 Å². The van der Waals surface area contributed by atoms with Gasteiger partial charge in [-0.2, -0.15) is 13.2 Å². The topological polar surface area (TPSA) is 95.9 Å². The van der Waals surface area contributed by atoms with Crippen molar-refractivity contribution in [1.82, 2.24) is 0 Å². The molecule has 7 nitrogen and oxygen atoms in total. The van der Waals surface area contributed by atoms with Crippen molar-refractivity contribution < 1.29 is 49.4 Å². The number of benzene rings is 3. The first-order valence-electron chi connectivity index (χ1n) is 10.4. The van der Waals surface area contributed by atoms with Crippen LogP contribution in [0, 0.1) is 17.5 Å². The van der Waals surface area contributed by atoms with E-state index in [2.05, 4.69) is 5.32 Å². The molecule has 14 heteroatoms. The number of ether oxygens (including phenoxy) is 1. The third-order valence-corrected chi connectivity index (χ3v) is 7.15. The second kappa shape index (κ2) is 9.59. The molecule has 196 valence electrons. The molecule has 37 heavy (non-hydrogen) atoms. The molecule has 0 radical (unpaired) electrons. The van der Waals surface area contributed by atoms with Crippen LogP contribution in [0.3, 0.4) is 0 Å². The van der Waals surface area contributed by atoms with Gasteiger partial charge in [0.25, 0.3) is 15.9 Å². The number of rotatable bonds is 5. The lowest BCUT2D eigenvalue weighted by Gasteiger charge is -2.35. The number of hydrogen-bond acceptors (Lipinski definition) is 5. The molecule has 0 aromatic heterocycles. The molecule has 0 fully saturated rings. The lowest BCUT2D eigenvalue weighted by Crippen LogP contribution is -2.45. The van der Waals surface area contributed by atoms with E-state index < -0.39 is 74.8 Å². The fourth-order valence-electron chi connectivity index (χ4n) is 3.66. The van der Waals surface area contributed by atoms with Gasteiger partial charge < -0.3 is 15.2 Å². The van der Waals surface area contributed by atoms with Crippen LogP contribution >= 0.6 is 0 Å². The number of alkyl halides is 3. The second-order valence-corrected chi connectivity index (χ2v) is 9.69. The van der Waals surface area contributed by atoms with E-state index in [0.29, 0.717) is 28.6 Å². The Labute approximate surface area is 205 Å². The first-order valence-corrected chi connectivity index (χ1v) is 11.8. The molecule has 1 atom stereocenters. The predicted octanol–water partition coefficient (Wildman–Crippen LogP) is 4.32. The van der Waals surface area contributed by atoms with Gasteiger partial charge in [0.1, 0.15) is 17.7 Å². The molecule has 3 aromatic rings. The van der Waals surface area contributed by atoms with Crippen LogP contribution in [0.4, 0.5) is 37.7 Å². The zero-order valence-corrected chi connectivity index (χ0v) is 19.2. The van der Waals surface area contributed by atoms with Crippen molar-refractivity contribution in [3.8, 4) is 5.75 Å². The van der Waals surface area contributed by atoms with Crippen LogP contribution < -0.4 is 14.4 Å². The maximum Gasteiger partial charge on any atom is 0.417 e. The average Bonchev–Trinajstić information content (AvgIpc) is 2.84. The molecule has 1 amide bonds. The molecule has 0 spiro atoms. The maximum atomic E-state index is 14.2. The smallest absolute Gasteiger partial charge is 0.417 e.